The first-order valence-electron chi connectivity index (χ1n) is 6.13. The fourth-order valence-electron chi connectivity index (χ4n) is 2.43. The molecule has 0 bridgehead atoms. The van der Waals surface area contributed by atoms with Crippen molar-refractivity contribution in [1.29, 1.82) is 0 Å². The third-order valence-corrected chi connectivity index (χ3v) is 3.33. The molecule has 0 spiro atoms. The van der Waals surface area contributed by atoms with Gasteiger partial charge in [0.2, 0.25) is 0 Å². The van der Waals surface area contributed by atoms with Gasteiger partial charge < -0.3 is 11.1 Å². The van der Waals surface area contributed by atoms with Gasteiger partial charge in [0.15, 0.2) is 0 Å². The van der Waals surface area contributed by atoms with E-state index >= 15 is 0 Å². The normalized spacial score (nSPS) is 21.2. The van der Waals surface area contributed by atoms with E-state index in [0.29, 0.717) is 6.04 Å². The van der Waals surface area contributed by atoms with Crippen molar-refractivity contribution in [3.63, 3.8) is 0 Å². The van der Waals surface area contributed by atoms with Crippen LogP contribution in [0, 0.1) is 0 Å². The number of nitrogens with zero attached hydrogens (tertiary/aromatic N) is 1. The third-order valence-electron chi connectivity index (χ3n) is 3.33. The molecule has 88 valence electrons. The van der Waals surface area contributed by atoms with Gasteiger partial charge in [0.1, 0.15) is 0 Å². The van der Waals surface area contributed by atoms with Crippen molar-refractivity contribution in [3.05, 3.63) is 24.3 Å². The maximum absolute atomic E-state index is 5.75. The van der Waals surface area contributed by atoms with Gasteiger partial charge in [-0.25, -0.2) is 0 Å². The predicted octanol–water partition coefficient (Wildman–Crippen LogP) is 2.17. The molecule has 1 aromatic rings. The lowest BCUT2D eigenvalue weighted by molar-refractivity contribution is 0.277. The number of rotatable bonds is 4. The number of anilines is 2. The zero-order valence-corrected chi connectivity index (χ0v) is 9.95. The van der Waals surface area contributed by atoms with Crippen LogP contribution in [-0.4, -0.2) is 30.6 Å². The Labute approximate surface area is 97.6 Å². The molecule has 3 heteroatoms. The maximum atomic E-state index is 5.75. The van der Waals surface area contributed by atoms with E-state index < -0.39 is 0 Å². The smallest absolute Gasteiger partial charge is 0.0361 e. The van der Waals surface area contributed by atoms with Gasteiger partial charge in [0.25, 0.3) is 0 Å². The van der Waals surface area contributed by atoms with Crippen molar-refractivity contribution >= 4 is 11.4 Å². The van der Waals surface area contributed by atoms with Crippen molar-refractivity contribution in [2.45, 2.75) is 25.8 Å². The van der Waals surface area contributed by atoms with Crippen LogP contribution in [0.3, 0.4) is 0 Å². The minimum atomic E-state index is 0.687. The molecular formula is C13H21N3. The average Bonchev–Trinajstić information content (AvgIpc) is 2.74. The summed E-state index contributed by atoms with van der Waals surface area (Å²) in [5.74, 6) is 0. The number of likely N-dealkylation sites (tertiary alicyclic amines) is 1. The third kappa shape index (κ3) is 2.67. The van der Waals surface area contributed by atoms with E-state index in [1.165, 1.54) is 19.4 Å². The van der Waals surface area contributed by atoms with Crippen LogP contribution in [0.15, 0.2) is 24.3 Å². The topological polar surface area (TPSA) is 41.3 Å². The summed E-state index contributed by atoms with van der Waals surface area (Å²) in [6.07, 6.45) is 2.64. The molecule has 1 aliphatic heterocycles. The Morgan fingerprint density at radius 2 is 2.38 bits per heavy atom. The lowest BCUT2D eigenvalue weighted by Crippen LogP contribution is -2.34. The lowest BCUT2D eigenvalue weighted by Gasteiger charge is -2.23. The average molecular weight is 219 g/mol. The van der Waals surface area contributed by atoms with Crippen molar-refractivity contribution in [3.8, 4) is 0 Å². The van der Waals surface area contributed by atoms with Crippen molar-refractivity contribution in [2.24, 2.45) is 0 Å². The molecule has 3 N–H and O–H groups in total. The van der Waals surface area contributed by atoms with Crippen LogP contribution in [0.5, 0.6) is 0 Å². The summed E-state index contributed by atoms with van der Waals surface area (Å²) in [6, 6.07) is 8.65. The van der Waals surface area contributed by atoms with Gasteiger partial charge in [-0.3, -0.25) is 4.90 Å². The Morgan fingerprint density at radius 1 is 1.50 bits per heavy atom. The van der Waals surface area contributed by atoms with E-state index in [0.717, 1.165) is 24.5 Å². The second-order valence-electron chi connectivity index (χ2n) is 4.43. The van der Waals surface area contributed by atoms with Crippen LogP contribution in [0.2, 0.25) is 0 Å². The van der Waals surface area contributed by atoms with E-state index in [-0.39, 0.29) is 0 Å². The zero-order valence-electron chi connectivity index (χ0n) is 9.95. The van der Waals surface area contributed by atoms with Gasteiger partial charge in [-0.05, 0) is 44.1 Å². The second kappa shape index (κ2) is 5.21. The minimum absolute atomic E-state index is 0.687. The maximum Gasteiger partial charge on any atom is 0.0361 e. The fourth-order valence-corrected chi connectivity index (χ4v) is 2.43. The summed E-state index contributed by atoms with van der Waals surface area (Å²) in [5, 5.41) is 3.47. The summed E-state index contributed by atoms with van der Waals surface area (Å²) >= 11 is 0. The number of hydrogen-bond donors (Lipinski definition) is 2. The molecule has 1 aromatic carbocycles. The summed E-state index contributed by atoms with van der Waals surface area (Å²) in [4.78, 5) is 2.54. The van der Waals surface area contributed by atoms with Crippen LogP contribution in [0.4, 0.5) is 11.4 Å². The highest BCUT2D eigenvalue weighted by atomic mass is 15.2. The number of nitrogens with one attached hydrogen (secondary N) is 1. The Bertz CT molecular complexity index is 338. The van der Waals surface area contributed by atoms with E-state index in [2.05, 4.69) is 23.2 Å². The number of nitrogens with two attached hydrogens (primary N) is 1. The molecule has 1 aliphatic rings. The first-order chi connectivity index (χ1) is 7.79. The molecule has 0 radical (unpaired) electrons. The molecule has 0 aliphatic carbocycles. The Hall–Kier alpha value is -1.22. The molecule has 16 heavy (non-hydrogen) atoms. The Morgan fingerprint density at radius 3 is 3.12 bits per heavy atom. The van der Waals surface area contributed by atoms with Crippen LogP contribution in [0.1, 0.15) is 19.8 Å². The molecule has 3 nitrogen and oxygen atoms in total. The van der Waals surface area contributed by atoms with Crippen molar-refractivity contribution in [2.75, 3.05) is 30.7 Å². The van der Waals surface area contributed by atoms with Gasteiger partial charge >= 0.3 is 0 Å². The minimum Gasteiger partial charge on any atom is -0.399 e. The van der Waals surface area contributed by atoms with Crippen LogP contribution in [0.25, 0.3) is 0 Å². The molecule has 1 atom stereocenters. The molecule has 2 rings (SSSR count). The van der Waals surface area contributed by atoms with Crippen LogP contribution in [-0.2, 0) is 0 Å². The summed E-state index contributed by atoms with van der Waals surface area (Å²) in [7, 11) is 0. The standard InChI is InChI=1S/C13H21N3/c1-2-16-8-4-7-13(16)10-15-12-6-3-5-11(14)9-12/h3,5-6,9,13,15H,2,4,7-8,10,14H2,1H3. The van der Waals surface area contributed by atoms with E-state index in [4.69, 9.17) is 5.73 Å². The van der Waals surface area contributed by atoms with Gasteiger partial charge in [-0.15, -0.1) is 0 Å². The quantitative estimate of drug-likeness (QED) is 0.763. The number of nitrogen functional groups attached to an aromatic ring is 1. The molecule has 1 unspecified atom stereocenters. The van der Waals surface area contributed by atoms with Gasteiger partial charge in [0, 0.05) is 24.0 Å². The van der Waals surface area contributed by atoms with E-state index in [1.54, 1.807) is 0 Å². The van der Waals surface area contributed by atoms with Gasteiger partial charge in [0.05, 0.1) is 0 Å². The molecule has 1 saturated heterocycles. The first kappa shape index (κ1) is 11.3. The fraction of sp³-hybridized carbons (Fsp3) is 0.538. The monoisotopic (exact) mass is 219 g/mol. The Kier molecular flexibility index (Phi) is 3.67. The van der Waals surface area contributed by atoms with Gasteiger partial charge in [-0.2, -0.15) is 0 Å². The summed E-state index contributed by atoms with van der Waals surface area (Å²) < 4.78 is 0. The van der Waals surface area contributed by atoms with Crippen LogP contribution < -0.4 is 11.1 Å². The molecule has 0 saturated carbocycles. The number of likely N-dealkylation sites (N-methyl/N-ethyl adjacent to an activating group) is 1. The molecule has 1 fully saturated rings. The van der Waals surface area contributed by atoms with Gasteiger partial charge in [-0.1, -0.05) is 13.0 Å². The first-order valence-corrected chi connectivity index (χ1v) is 6.13. The molecule has 1 heterocycles. The SMILES string of the molecule is CCN1CCCC1CNc1cccc(N)c1. The number of benzene rings is 1. The highest BCUT2D eigenvalue weighted by molar-refractivity contribution is 5.54. The van der Waals surface area contributed by atoms with E-state index in [9.17, 15) is 0 Å². The summed E-state index contributed by atoms with van der Waals surface area (Å²) in [6.45, 7) is 5.67. The predicted molar refractivity (Wildman–Crippen MR) is 69.6 cm³/mol. The Balaban J connectivity index is 1.87. The molecular weight excluding hydrogens is 198 g/mol. The largest absolute Gasteiger partial charge is 0.399 e. The molecule has 0 amide bonds. The second-order valence-corrected chi connectivity index (χ2v) is 4.43. The zero-order chi connectivity index (χ0) is 11.4. The highest BCUT2D eigenvalue weighted by Crippen LogP contribution is 2.18. The van der Waals surface area contributed by atoms with E-state index in [1.807, 2.05) is 18.2 Å². The lowest BCUT2D eigenvalue weighted by atomic mass is 10.2. The van der Waals surface area contributed by atoms with Crippen molar-refractivity contribution in [1.82, 2.24) is 4.90 Å². The number of hydrogen-bond acceptors (Lipinski definition) is 3. The summed E-state index contributed by atoms with van der Waals surface area (Å²) in [5.41, 5.74) is 7.70. The molecule has 0 aromatic heterocycles. The highest BCUT2D eigenvalue weighted by Gasteiger charge is 2.22. The van der Waals surface area contributed by atoms with Crippen molar-refractivity contribution < 1.29 is 0 Å². The van der Waals surface area contributed by atoms with Crippen LogP contribution >= 0.6 is 0 Å².